The van der Waals surface area contributed by atoms with Gasteiger partial charge in [0.15, 0.2) is 5.69 Å². The second-order valence-electron chi connectivity index (χ2n) is 3.36. The molecule has 7 heteroatoms. The molecule has 0 aliphatic rings. The van der Waals surface area contributed by atoms with E-state index in [9.17, 15) is 13.2 Å². The predicted molar refractivity (Wildman–Crippen MR) is 58.3 cm³/mol. The molecule has 2 rings (SSSR count). The first kappa shape index (κ1) is 12.1. The summed E-state index contributed by atoms with van der Waals surface area (Å²) in [5, 5.41) is 3.44. The van der Waals surface area contributed by atoms with E-state index < -0.39 is 11.9 Å². The average molecular weight is 306 g/mol. The van der Waals surface area contributed by atoms with Gasteiger partial charge in [-0.2, -0.15) is 18.3 Å². The number of hydrogen-bond donors (Lipinski definition) is 0. The first-order valence-corrected chi connectivity index (χ1v) is 5.45. The normalized spacial score (nSPS) is 11.8. The van der Waals surface area contributed by atoms with Crippen LogP contribution in [0.3, 0.4) is 0 Å². The fourth-order valence-corrected chi connectivity index (χ4v) is 1.50. The van der Waals surface area contributed by atoms with Gasteiger partial charge in [-0.15, -0.1) is 0 Å². The topological polar surface area (TPSA) is 30.7 Å². The van der Waals surface area contributed by atoms with E-state index in [0.29, 0.717) is 5.69 Å². The van der Waals surface area contributed by atoms with E-state index in [-0.39, 0.29) is 6.54 Å². The van der Waals surface area contributed by atoms with Gasteiger partial charge in [-0.05, 0) is 34.1 Å². The van der Waals surface area contributed by atoms with Crippen molar-refractivity contribution in [1.82, 2.24) is 14.8 Å². The van der Waals surface area contributed by atoms with E-state index >= 15 is 0 Å². The van der Waals surface area contributed by atoms with E-state index in [1.807, 2.05) is 0 Å². The summed E-state index contributed by atoms with van der Waals surface area (Å²) in [6, 6.07) is 4.44. The highest BCUT2D eigenvalue weighted by Gasteiger charge is 2.33. The van der Waals surface area contributed by atoms with Crippen molar-refractivity contribution in [2.45, 2.75) is 12.7 Å². The van der Waals surface area contributed by atoms with Gasteiger partial charge in [0.05, 0.1) is 12.2 Å². The molecule has 0 radical (unpaired) electrons. The Balaban J connectivity index is 2.14. The molecule has 90 valence electrons. The van der Waals surface area contributed by atoms with Gasteiger partial charge in [0.25, 0.3) is 0 Å². The smallest absolute Gasteiger partial charge is 0.266 e. The van der Waals surface area contributed by atoms with Gasteiger partial charge in [-0.25, -0.2) is 0 Å². The van der Waals surface area contributed by atoms with Gasteiger partial charge < -0.3 is 0 Å². The summed E-state index contributed by atoms with van der Waals surface area (Å²) in [4.78, 5) is 4.06. The summed E-state index contributed by atoms with van der Waals surface area (Å²) in [6.07, 6.45) is -1.53. The lowest BCUT2D eigenvalue weighted by molar-refractivity contribution is -0.141. The van der Waals surface area contributed by atoms with Gasteiger partial charge in [0, 0.05) is 16.9 Å². The molecule has 0 spiro atoms. The van der Waals surface area contributed by atoms with Crippen LogP contribution in [0.25, 0.3) is 0 Å². The maximum atomic E-state index is 12.3. The SMILES string of the molecule is FC(F)(F)c1ccn(Cc2ccc(Br)cn2)n1. The highest BCUT2D eigenvalue weighted by molar-refractivity contribution is 9.10. The number of hydrogen-bond acceptors (Lipinski definition) is 2. The average Bonchev–Trinajstić information content (AvgIpc) is 2.69. The molecule has 2 aromatic rings. The first-order valence-electron chi connectivity index (χ1n) is 4.66. The quantitative estimate of drug-likeness (QED) is 0.853. The molecule has 0 unspecified atom stereocenters. The van der Waals surface area contributed by atoms with Crippen LogP contribution in [-0.4, -0.2) is 14.8 Å². The van der Waals surface area contributed by atoms with Crippen molar-refractivity contribution < 1.29 is 13.2 Å². The Morgan fingerprint density at radius 1 is 1.24 bits per heavy atom. The molecule has 0 bridgehead atoms. The number of nitrogens with zero attached hydrogens (tertiary/aromatic N) is 3. The molecule has 2 aromatic heterocycles. The largest absolute Gasteiger partial charge is 0.435 e. The minimum atomic E-state index is -4.40. The van der Waals surface area contributed by atoms with Gasteiger partial charge >= 0.3 is 6.18 Å². The lowest BCUT2D eigenvalue weighted by Gasteiger charge is -2.02. The second-order valence-corrected chi connectivity index (χ2v) is 4.28. The van der Waals surface area contributed by atoms with Crippen LogP contribution in [0, 0.1) is 0 Å². The standard InChI is InChI=1S/C10H7BrF3N3/c11-7-1-2-8(15-5-7)6-17-4-3-9(16-17)10(12,13)14/h1-5H,6H2. The number of alkyl halides is 3. The highest BCUT2D eigenvalue weighted by atomic mass is 79.9. The van der Waals surface area contributed by atoms with Crippen LogP contribution in [0.5, 0.6) is 0 Å². The molecule has 0 fully saturated rings. The zero-order chi connectivity index (χ0) is 12.5. The number of aromatic nitrogens is 3. The molecule has 0 aromatic carbocycles. The fourth-order valence-electron chi connectivity index (χ4n) is 1.27. The van der Waals surface area contributed by atoms with Crippen LogP contribution in [-0.2, 0) is 12.7 Å². The summed E-state index contributed by atoms with van der Waals surface area (Å²) >= 11 is 3.23. The minimum absolute atomic E-state index is 0.212. The van der Waals surface area contributed by atoms with Crippen LogP contribution >= 0.6 is 15.9 Å². The Labute approximate surface area is 103 Å². The second kappa shape index (κ2) is 4.48. The molecule has 0 N–H and O–H groups in total. The molecule has 0 saturated heterocycles. The highest BCUT2D eigenvalue weighted by Crippen LogP contribution is 2.27. The maximum Gasteiger partial charge on any atom is 0.435 e. The molecule has 0 aliphatic heterocycles. The van der Waals surface area contributed by atoms with Crippen LogP contribution in [0.4, 0.5) is 13.2 Å². The van der Waals surface area contributed by atoms with Crippen molar-refractivity contribution in [2.75, 3.05) is 0 Å². The Morgan fingerprint density at radius 3 is 2.53 bits per heavy atom. The van der Waals surface area contributed by atoms with Crippen molar-refractivity contribution in [1.29, 1.82) is 0 Å². The summed E-state index contributed by atoms with van der Waals surface area (Å²) < 4.78 is 38.9. The molecule has 2 heterocycles. The van der Waals surface area contributed by atoms with Crippen molar-refractivity contribution >= 4 is 15.9 Å². The Kier molecular flexibility index (Phi) is 3.19. The van der Waals surface area contributed by atoms with Gasteiger partial charge in [-0.1, -0.05) is 0 Å². The van der Waals surface area contributed by atoms with Crippen molar-refractivity contribution in [3.8, 4) is 0 Å². The lowest BCUT2D eigenvalue weighted by atomic mass is 10.3. The predicted octanol–water partition coefficient (Wildman–Crippen LogP) is 3.11. The van der Waals surface area contributed by atoms with E-state index in [0.717, 1.165) is 10.5 Å². The Hall–Kier alpha value is -1.37. The molecule has 3 nitrogen and oxygen atoms in total. The van der Waals surface area contributed by atoms with E-state index in [4.69, 9.17) is 0 Å². The number of halogens is 4. The molecule has 0 atom stereocenters. The number of rotatable bonds is 2. The monoisotopic (exact) mass is 305 g/mol. The van der Waals surface area contributed by atoms with Gasteiger partial charge in [0.1, 0.15) is 0 Å². The van der Waals surface area contributed by atoms with E-state index in [2.05, 4.69) is 26.0 Å². The van der Waals surface area contributed by atoms with Crippen LogP contribution in [0.1, 0.15) is 11.4 Å². The third-order valence-electron chi connectivity index (χ3n) is 2.04. The van der Waals surface area contributed by atoms with Crippen molar-refractivity contribution in [2.24, 2.45) is 0 Å². The van der Waals surface area contributed by atoms with Crippen molar-refractivity contribution in [3.63, 3.8) is 0 Å². The van der Waals surface area contributed by atoms with Gasteiger partial charge in [0.2, 0.25) is 0 Å². The minimum Gasteiger partial charge on any atom is -0.266 e. The zero-order valence-corrected chi connectivity index (χ0v) is 10.0. The van der Waals surface area contributed by atoms with Crippen LogP contribution in [0.2, 0.25) is 0 Å². The Bertz CT molecular complexity index is 504. The molecule has 0 saturated carbocycles. The van der Waals surface area contributed by atoms with Crippen molar-refractivity contribution in [3.05, 3.63) is 46.5 Å². The third-order valence-corrected chi connectivity index (χ3v) is 2.51. The number of pyridine rings is 1. The fraction of sp³-hybridized carbons (Fsp3) is 0.200. The molecular weight excluding hydrogens is 299 g/mol. The first-order chi connectivity index (χ1) is 7.95. The van der Waals surface area contributed by atoms with Gasteiger partial charge in [-0.3, -0.25) is 9.67 Å². The molecule has 0 amide bonds. The van der Waals surface area contributed by atoms with Crippen LogP contribution in [0.15, 0.2) is 35.1 Å². The zero-order valence-electron chi connectivity index (χ0n) is 8.45. The van der Waals surface area contributed by atoms with E-state index in [1.165, 1.54) is 10.9 Å². The summed E-state index contributed by atoms with van der Waals surface area (Å²) in [5.41, 5.74) is -0.250. The van der Waals surface area contributed by atoms with E-state index in [1.54, 1.807) is 18.3 Å². The summed E-state index contributed by atoms with van der Waals surface area (Å²) in [5.74, 6) is 0. The third kappa shape index (κ3) is 3.06. The summed E-state index contributed by atoms with van der Waals surface area (Å²) in [7, 11) is 0. The summed E-state index contributed by atoms with van der Waals surface area (Å²) in [6.45, 7) is 0.212. The van der Waals surface area contributed by atoms with Crippen LogP contribution < -0.4 is 0 Å². The molecular formula is C10H7BrF3N3. The lowest BCUT2D eigenvalue weighted by Crippen LogP contribution is -2.08. The molecule has 17 heavy (non-hydrogen) atoms. The molecule has 0 aliphatic carbocycles. The Morgan fingerprint density at radius 2 is 2.00 bits per heavy atom. The maximum absolute atomic E-state index is 12.3.